The van der Waals surface area contributed by atoms with Gasteiger partial charge >= 0.3 is 12.5 Å². The number of aromatic nitrogens is 3. The Morgan fingerprint density at radius 1 is 1.24 bits per heavy atom. The molecule has 9 nitrogen and oxygen atoms in total. The van der Waals surface area contributed by atoms with Gasteiger partial charge in [0.15, 0.2) is 0 Å². The molecule has 1 fully saturated rings. The third kappa shape index (κ3) is 5.93. The molecule has 1 amide bonds. The van der Waals surface area contributed by atoms with Crippen molar-refractivity contribution >= 4 is 28.6 Å². The number of hydrogen-bond donors (Lipinski definition) is 3. The number of carbonyl (C=O) groups is 2. The van der Waals surface area contributed by atoms with Crippen LogP contribution in [0.4, 0.5) is 14.6 Å². The lowest BCUT2D eigenvalue weighted by atomic mass is 10.00. The van der Waals surface area contributed by atoms with Crippen LogP contribution >= 0.6 is 0 Å². The second-order valence-electron chi connectivity index (χ2n) is 10.1. The average molecular weight is 527 g/mol. The summed E-state index contributed by atoms with van der Waals surface area (Å²) < 4.78 is 26.6. The number of amides is 1. The lowest BCUT2D eigenvalue weighted by molar-refractivity contribution is -0.139. The van der Waals surface area contributed by atoms with Crippen LogP contribution in [0, 0.1) is 5.92 Å². The number of nitrogens with one attached hydrogen (secondary N) is 2. The van der Waals surface area contributed by atoms with Gasteiger partial charge in [-0.3, -0.25) is 4.79 Å². The Labute approximate surface area is 219 Å². The van der Waals surface area contributed by atoms with E-state index in [9.17, 15) is 23.5 Å². The highest BCUT2D eigenvalue weighted by molar-refractivity contribution is 5.99. The Balaban J connectivity index is 1.10. The topological polar surface area (TPSA) is 112 Å². The quantitative estimate of drug-likeness (QED) is 0.369. The summed E-state index contributed by atoms with van der Waals surface area (Å²) in [6.07, 6.45) is 6.76. The van der Waals surface area contributed by atoms with Gasteiger partial charge in [-0.15, -0.1) is 0 Å². The van der Waals surface area contributed by atoms with Crippen LogP contribution in [0.3, 0.4) is 0 Å². The van der Waals surface area contributed by atoms with E-state index in [1.54, 1.807) is 0 Å². The fraction of sp³-hybridized carbons (Fsp3) is 0.481. The van der Waals surface area contributed by atoms with E-state index in [1.165, 1.54) is 30.0 Å². The summed E-state index contributed by atoms with van der Waals surface area (Å²) >= 11 is 0. The Bertz CT molecular complexity index is 1310. The molecule has 2 aliphatic rings. The van der Waals surface area contributed by atoms with Crippen molar-refractivity contribution in [2.75, 3.05) is 31.5 Å². The minimum atomic E-state index is -2.79. The molecule has 2 aliphatic heterocycles. The van der Waals surface area contributed by atoms with Crippen LogP contribution in [-0.4, -0.2) is 68.9 Å². The van der Waals surface area contributed by atoms with Crippen molar-refractivity contribution in [2.45, 2.75) is 51.1 Å². The molecule has 38 heavy (non-hydrogen) atoms. The summed E-state index contributed by atoms with van der Waals surface area (Å²) in [4.78, 5) is 31.6. The molecule has 11 heteroatoms. The Kier molecular flexibility index (Phi) is 7.82. The van der Waals surface area contributed by atoms with Crippen molar-refractivity contribution in [3.8, 4) is 0 Å². The van der Waals surface area contributed by atoms with Crippen LogP contribution in [0.15, 0.2) is 36.5 Å². The molecule has 0 saturated carbocycles. The van der Waals surface area contributed by atoms with E-state index >= 15 is 0 Å². The van der Waals surface area contributed by atoms with Gasteiger partial charge in [0.1, 0.15) is 11.9 Å². The third-order valence-corrected chi connectivity index (χ3v) is 7.51. The Morgan fingerprint density at radius 3 is 2.92 bits per heavy atom. The molecule has 0 bridgehead atoms. The van der Waals surface area contributed by atoms with E-state index in [0.29, 0.717) is 22.5 Å². The Hall–Kier alpha value is -3.60. The van der Waals surface area contributed by atoms with Gasteiger partial charge in [-0.2, -0.15) is 13.9 Å². The van der Waals surface area contributed by atoms with Crippen molar-refractivity contribution < 1.29 is 23.5 Å². The van der Waals surface area contributed by atoms with E-state index in [2.05, 4.69) is 32.8 Å². The van der Waals surface area contributed by atoms with Crippen LogP contribution < -0.4 is 10.6 Å². The number of likely N-dealkylation sites (tertiary alicyclic amines) is 1. The third-order valence-electron chi connectivity index (χ3n) is 7.51. The first-order chi connectivity index (χ1) is 18.4. The lowest BCUT2D eigenvalue weighted by Crippen LogP contribution is -2.43. The molecule has 3 N–H and O–H groups in total. The van der Waals surface area contributed by atoms with Gasteiger partial charge in [-0.1, -0.05) is 6.07 Å². The number of hydrogen-bond acceptors (Lipinski definition) is 6. The number of carboxylic acid groups (broad SMARTS) is 1. The number of aryl methyl sites for hydroxylation is 2. The average Bonchev–Trinajstić information content (AvgIpc) is 3.56. The van der Waals surface area contributed by atoms with E-state index in [-0.39, 0.29) is 17.5 Å². The van der Waals surface area contributed by atoms with Gasteiger partial charge in [-0.25, -0.2) is 14.5 Å². The zero-order valence-electron chi connectivity index (χ0n) is 21.1. The van der Waals surface area contributed by atoms with Gasteiger partial charge in [0.2, 0.25) is 0 Å². The molecule has 0 radical (unpaired) electrons. The molecule has 2 aromatic heterocycles. The Morgan fingerprint density at radius 2 is 2.11 bits per heavy atom. The smallest absolute Gasteiger partial charge is 0.333 e. The maximum atomic E-state index is 13.0. The van der Waals surface area contributed by atoms with Gasteiger partial charge in [0.25, 0.3) is 5.91 Å². The van der Waals surface area contributed by atoms with Crippen molar-refractivity contribution in [1.29, 1.82) is 0 Å². The molecule has 5 rings (SSSR count). The molecule has 3 aromatic rings. The number of pyridine rings is 1. The van der Waals surface area contributed by atoms with Crippen LogP contribution in [0.25, 0.3) is 10.9 Å². The molecule has 1 aromatic carbocycles. The number of benzene rings is 1. The highest BCUT2D eigenvalue weighted by Gasteiger charge is 2.26. The molecular formula is C27H32F2N6O3. The van der Waals surface area contributed by atoms with Crippen LogP contribution in [0.5, 0.6) is 0 Å². The fourth-order valence-electron chi connectivity index (χ4n) is 5.37. The number of nitrogens with zero attached hydrogens (tertiary/aromatic N) is 4. The van der Waals surface area contributed by atoms with Gasteiger partial charge in [0.05, 0.1) is 11.7 Å². The molecule has 4 heterocycles. The van der Waals surface area contributed by atoms with Crippen LogP contribution in [0.2, 0.25) is 0 Å². The number of fused-ring (bicyclic) bond motifs is 2. The molecule has 2 atom stereocenters. The number of alkyl halides is 2. The summed E-state index contributed by atoms with van der Waals surface area (Å²) in [5, 5.41) is 19.7. The number of carboxylic acids is 1. The largest absolute Gasteiger partial charge is 0.480 e. The van der Waals surface area contributed by atoms with E-state index < -0.39 is 24.5 Å². The predicted molar refractivity (Wildman–Crippen MR) is 138 cm³/mol. The molecule has 0 aliphatic carbocycles. The maximum absolute atomic E-state index is 13.0. The molecule has 202 valence electrons. The highest BCUT2D eigenvalue weighted by Crippen LogP contribution is 2.25. The van der Waals surface area contributed by atoms with E-state index in [1.807, 2.05) is 0 Å². The standard InChI is InChI=1S/C27H32F2N6O3/c28-27(29)35-23-8-5-19(14-20(23)15-31-35)25(36)33-22(26(37)38)10-13-34-12-9-17(16-34)3-6-21-7-4-18-2-1-11-30-24(18)32-21/h4-5,7-8,14-15,17,22,27H,1-3,6,9-13,16H2,(H,30,32)(H,33,36)(H,37,38)/t17-,22-/m0/s1. The molecule has 1 saturated heterocycles. The van der Waals surface area contributed by atoms with Crippen molar-refractivity contribution in [3.05, 3.63) is 53.3 Å². The monoisotopic (exact) mass is 526 g/mol. The lowest BCUT2D eigenvalue weighted by Gasteiger charge is -2.20. The number of anilines is 1. The fourth-order valence-corrected chi connectivity index (χ4v) is 5.37. The zero-order valence-corrected chi connectivity index (χ0v) is 21.1. The summed E-state index contributed by atoms with van der Waals surface area (Å²) in [6, 6.07) is 7.48. The second-order valence-corrected chi connectivity index (χ2v) is 10.1. The van der Waals surface area contributed by atoms with Gasteiger partial charge in [0, 0.05) is 36.3 Å². The van der Waals surface area contributed by atoms with Crippen molar-refractivity contribution in [2.24, 2.45) is 5.92 Å². The van der Waals surface area contributed by atoms with Crippen molar-refractivity contribution in [1.82, 2.24) is 25.0 Å². The SMILES string of the molecule is O=C(N[C@@H](CCN1CC[C@H](CCc2ccc3c(n2)NCCC3)C1)C(=O)O)c1ccc2c(cnn2C(F)F)c1. The molecule has 0 spiro atoms. The number of aliphatic carboxylic acids is 1. The van der Waals surface area contributed by atoms with E-state index in [4.69, 9.17) is 4.98 Å². The minimum absolute atomic E-state index is 0.199. The number of carbonyl (C=O) groups excluding carboxylic acids is 1. The predicted octanol–water partition coefficient (Wildman–Crippen LogP) is 3.71. The minimum Gasteiger partial charge on any atom is -0.480 e. The van der Waals surface area contributed by atoms with Crippen LogP contribution in [-0.2, 0) is 17.6 Å². The van der Waals surface area contributed by atoms with Crippen LogP contribution in [0.1, 0.15) is 53.8 Å². The van der Waals surface area contributed by atoms with Gasteiger partial charge in [-0.05, 0) is 80.8 Å². The molecule has 0 unspecified atom stereocenters. The maximum Gasteiger partial charge on any atom is 0.333 e. The summed E-state index contributed by atoms with van der Waals surface area (Å²) in [6.45, 7) is 0.547. The summed E-state index contributed by atoms with van der Waals surface area (Å²) in [5.41, 5.74) is 2.79. The number of halogens is 2. The first-order valence-electron chi connectivity index (χ1n) is 13.1. The molecular weight excluding hydrogens is 494 g/mol. The second kappa shape index (κ2) is 11.4. The normalized spacial score (nSPS) is 18.3. The zero-order chi connectivity index (χ0) is 26.6. The first kappa shape index (κ1) is 26.0. The van der Waals surface area contributed by atoms with Gasteiger partial charge < -0.3 is 20.6 Å². The number of rotatable bonds is 10. The summed E-state index contributed by atoms with van der Waals surface area (Å²) in [7, 11) is 0. The first-order valence-corrected chi connectivity index (χ1v) is 13.1. The highest BCUT2D eigenvalue weighted by atomic mass is 19.3. The van der Waals surface area contributed by atoms with Crippen molar-refractivity contribution in [3.63, 3.8) is 0 Å². The summed E-state index contributed by atoms with van der Waals surface area (Å²) in [5.74, 6) is -0.116. The van der Waals surface area contributed by atoms with E-state index in [0.717, 1.165) is 63.3 Å².